The lowest BCUT2D eigenvalue weighted by molar-refractivity contribution is 0.102. The zero-order valence-corrected chi connectivity index (χ0v) is 18.9. The zero-order chi connectivity index (χ0) is 22.3. The molecule has 2 heterocycles. The van der Waals surface area contributed by atoms with Crippen molar-refractivity contribution in [1.82, 2.24) is 0 Å². The van der Waals surface area contributed by atoms with E-state index in [-0.39, 0.29) is 16.5 Å². The fourth-order valence-corrected chi connectivity index (χ4v) is 5.44. The number of nitrogens with zero attached hydrogens (tertiary/aromatic N) is 1. The second kappa shape index (κ2) is 7.86. The summed E-state index contributed by atoms with van der Waals surface area (Å²) in [6.07, 6.45) is 2.81. The first-order valence-corrected chi connectivity index (χ1v) is 11.1. The van der Waals surface area contributed by atoms with Gasteiger partial charge in [-0.1, -0.05) is 32.9 Å². The number of fused-ring (bicyclic) bond motifs is 2. The first-order chi connectivity index (χ1) is 14.7. The van der Waals surface area contributed by atoms with Crippen LogP contribution < -0.4 is 15.6 Å². The molecular weight excluding hydrogens is 410 g/mol. The molecule has 3 aromatic rings. The number of carbonyl (C=O) groups is 1. The number of hydrogen-bond acceptors (Lipinski definition) is 6. The van der Waals surface area contributed by atoms with Gasteiger partial charge in [0.15, 0.2) is 11.3 Å². The fraction of sp³-hybridized carbons (Fsp3) is 0.375. The third kappa shape index (κ3) is 3.84. The van der Waals surface area contributed by atoms with Gasteiger partial charge in [0, 0.05) is 10.3 Å². The van der Waals surface area contributed by atoms with Crippen molar-refractivity contribution in [2.75, 3.05) is 12.4 Å². The molecule has 1 aliphatic carbocycles. The Morgan fingerprint density at radius 1 is 1.39 bits per heavy atom. The van der Waals surface area contributed by atoms with Crippen molar-refractivity contribution in [3.63, 3.8) is 0 Å². The number of methoxy groups -OCH3 is 1. The van der Waals surface area contributed by atoms with Gasteiger partial charge in [-0.2, -0.15) is 5.26 Å². The number of hydrogen-bond donors (Lipinski definition) is 2. The predicted molar refractivity (Wildman–Crippen MR) is 121 cm³/mol. The van der Waals surface area contributed by atoms with Crippen LogP contribution in [0.4, 0.5) is 5.00 Å². The van der Waals surface area contributed by atoms with Crippen molar-refractivity contribution < 1.29 is 13.9 Å². The summed E-state index contributed by atoms with van der Waals surface area (Å²) in [5.74, 6) is 0.591. The molecule has 4 rings (SSSR count). The normalized spacial score (nSPS) is 15.9. The molecule has 0 radical (unpaired) electrons. The van der Waals surface area contributed by atoms with Crippen molar-refractivity contribution in [2.24, 2.45) is 11.3 Å². The minimum atomic E-state index is -0.457. The van der Waals surface area contributed by atoms with Gasteiger partial charge in [0.1, 0.15) is 16.6 Å². The van der Waals surface area contributed by atoms with Crippen LogP contribution in [-0.2, 0) is 12.8 Å². The first-order valence-electron chi connectivity index (χ1n) is 10.2. The smallest absolute Gasteiger partial charge is 0.261 e. The van der Waals surface area contributed by atoms with Crippen LogP contribution in [0, 0.1) is 28.1 Å². The number of anilines is 1. The second-order valence-electron chi connectivity index (χ2n) is 8.95. The molecule has 0 aliphatic heterocycles. The number of para-hydroxylation sites is 1. The third-order valence-electron chi connectivity index (χ3n) is 6.05. The molecule has 160 valence electrons. The molecule has 0 saturated carbocycles. The Morgan fingerprint density at radius 3 is 2.84 bits per heavy atom. The van der Waals surface area contributed by atoms with Crippen LogP contribution in [0.15, 0.2) is 28.7 Å². The van der Waals surface area contributed by atoms with Crippen LogP contribution in [0.1, 0.15) is 53.6 Å². The molecule has 1 unspecified atom stereocenters. The molecular formula is C24H25N3O3S. The van der Waals surface area contributed by atoms with Crippen LogP contribution in [0.5, 0.6) is 5.75 Å². The van der Waals surface area contributed by atoms with E-state index in [1.807, 2.05) is 0 Å². The second-order valence-corrected chi connectivity index (χ2v) is 10.1. The average molecular weight is 436 g/mol. The summed E-state index contributed by atoms with van der Waals surface area (Å²) in [5.41, 5.74) is 2.09. The third-order valence-corrected chi connectivity index (χ3v) is 7.22. The van der Waals surface area contributed by atoms with Gasteiger partial charge in [0.2, 0.25) is 5.55 Å². The highest BCUT2D eigenvalue weighted by Gasteiger charge is 2.32. The average Bonchev–Trinajstić information content (AvgIpc) is 3.08. The Balaban J connectivity index is 1.67. The largest absolute Gasteiger partial charge is 0.493 e. The van der Waals surface area contributed by atoms with Gasteiger partial charge in [-0.3, -0.25) is 10.2 Å². The molecule has 0 spiro atoms. The van der Waals surface area contributed by atoms with Crippen molar-refractivity contribution in [1.29, 1.82) is 10.7 Å². The van der Waals surface area contributed by atoms with Crippen LogP contribution >= 0.6 is 11.3 Å². The molecule has 0 fully saturated rings. The van der Waals surface area contributed by atoms with E-state index in [0.717, 1.165) is 24.8 Å². The summed E-state index contributed by atoms with van der Waals surface area (Å²) in [7, 11) is 1.53. The Hall–Kier alpha value is -3.11. The van der Waals surface area contributed by atoms with E-state index in [0.29, 0.717) is 33.2 Å². The van der Waals surface area contributed by atoms with Crippen molar-refractivity contribution in [2.45, 2.75) is 40.0 Å². The Labute approximate surface area is 185 Å². The lowest BCUT2D eigenvalue weighted by Crippen LogP contribution is -2.26. The van der Waals surface area contributed by atoms with E-state index < -0.39 is 5.91 Å². The summed E-state index contributed by atoms with van der Waals surface area (Å²) in [6.45, 7) is 6.74. The maximum Gasteiger partial charge on any atom is 0.261 e. The summed E-state index contributed by atoms with van der Waals surface area (Å²) < 4.78 is 10.9. The molecule has 0 saturated heterocycles. The van der Waals surface area contributed by atoms with Gasteiger partial charge in [-0.15, -0.1) is 11.3 Å². The quantitative estimate of drug-likeness (QED) is 0.586. The fourth-order valence-electron chi connectivity index (χ4n) is 4.17. The number of carbonyl (C=O) groups excluding carboxylic acids is 1. The van der Waals surface area contributed by atoms with Crippen LogP contribution in [0.3, 0.4) is 0 Å². The van der Waals surface area contributed by atoms with Crippen LogP contribution in [0.25, 0.3) is 11.0 Å². The molecule has 1 aromatic carbocycles. The van der Waals surface area contributed by atoms with E-state index >= 15 is 0 Å². The lowest BCUT2D eigenvalue weighted by atomic mass is 9.72. The molecule has 1 aliphatic rings. The number of thiophene rings is 1. The number of benzene rings is 1. The number of nitrogens with one attached hydrogen (secondary N) is 2. The standard InChI is InChI=1S/C24H25N3O3S/c1-24(2,3)14-8-9-15-17(12-25)23(31-19(15)11-14)27-22(28)16-10-13-6-5-7-18(29-4)20(13)30-21(16)26/h5-7,10,14,26H,8-9,11H2,1-4H3,(H,27,28). The van der Waals surface area contributed by atoms with Gasteiger partial charge in [0.05, 0.1) is 12.7 Å². The molecule has 7 heteroatoms. The maximum atomic E-state index is 13.0. The molecule has 1 atom stereocenters. The Kier molecular flexibility index (Phi) is 5.36. The molecule has 0 bridgehead atoms. The van der Waals surface area contributed by atoms with E-state index in [1.54, 1.807) is 24.3 Å². The Morgan fingerprint density at radius 2 is 2.16 bits per heavy atom. The molecule has 6 nitrogen and oxygen atoms in total. The summed E-state index contributed by atoms with van der Waals surface area (Å²) >= 11 is 1.48. The van der Waals surface area contributed by atoms with E-state index in [1.165, 1.54) is 23.3 Å². The van der Waals surface area contributed by atoms with E-state index in [9.17, 15) is 10.1 Å². The van der Waals surface area contributed by atoms with Gasteiger partial charge < -0.3 is 14.5 Å². The highest BCUT2D eigenvalue weighted by Crippen LogP contribution is 2.44. The van der Waals surface area contributed by atoms with Gasteiger partial charge >= 0.3 is 0 Å². The number of ether oxygens (including phenoxy) is 1. The van der Waals surface area contributed by atoms with Gasteiger partial charge in [-0.05, 0) is 48.3 Å². The minimum absolute atomic E-state index is 0.114. The maximum absolute atomic E-state index is 13.0. The summed E-state index contributed by atoms with van der Waals surface area (Å²) in [4.78, 5) is 14.2. The van der Waals surface area contributed by atoms with E-state index in [4.69, 9.17) is 14.6 Å². The first kappa shape index (κ1) is 21.1. The highest BCUT2D eigenvalue weighted by atomic mass is 32.1. The monoisotopic (exact) mass is 435 g/mol. The lowest BCUT2D eigenvalue weighted by Gasteiger charge is -2.33. The van der Waals surface area contributed by atoms with Crippen molar-refractivity contribution >= 4 is 33.2 Å². The summed E-state index contributed by atoms with van der Waals surface area (Å²) in [5, 5.41) is 22.0. The number of rotatable bonds is 3. The number of nitriles is 1. The Bertz CT molecular complexity index is 1270. The van der Waals surface area contributed by atoms with Crippen molar-refractivity contribution in [3.8, 4) is 11.8 Å². The number of amides is 1. The SMILES string of the molecule is COc1cccc2cc(C(=O)Nc3sc4c(c3C#N)CCC(C(C)(C)C)C4)c(=N)oc12. The predicted octanol–water partition coefficient (Wildman–Crippen LogP) is 5.26. The van der Waals surface area contributed by atoms with Crippen LogP contribution in [0.2, 0.25) is 0 Å². The molecule has 1 amide bonds. The highest BCUT2D eigenvalue weighted by molar-refractivity contribution is 7.16. The molecule has 2 N–H and O–H groups in total. The van der Waals surface area contributed by atoms with Gasteiger partial charge in [0.25, 0.3) is 5.91 Å². The topological polar surface area (TPSA) is 99.1 Å². The minimum Gasteiger partial charge on any atom is -0.493 e. The van der Waals surface area contributed by atoms with Crippen molar-refractivity contribution in [3.05, 3.63) is 51.4 Å². The zero-order valence-electron chi connectivity index (χ0n) is 18.1. The molecule has 31 heavy (non-hydrogen) atoms. The van der Waals surface area contributed by atoms with Crippen LogP contribution in [-0.4, -0.2) is 13.0 Å². The molecule has 2 aromatic heterocycles. The summed E-state index contributed by atoms with van der Waals surface area (Å²) in [6, 6.07) is 9.24. The van der Waals surface area contributed by atoms with Gasteiger partial charge in [-0.25, -0.2) is 0 Å². The van der Waals surface area contributed by atoms with E-state index in [2.05, 4.69) is 32.2 Å².